The van der Waals surface area contributed by atoms with Gasteiger partial charge in [-0.3, -0.25) is 4.99 Å². The minimum atomic E-state index is 0.672. The summed E-state index contributed by atoms with van der Waals surface area (Å²) in [5.74, 6) is 2.49. The first-order valence-electron chi connectivity index (χ1n) is 11.8. The number of hydrogen-bond donors (Lipinski definition) is 1. The van der Waals surface area contributed by atoms with Gasteiger partial charge in [-0.2, -0.15) is 4.98 Å². The van der Waals surface area contributed by atoms with Crippen molar-refractivity contribution in [2.24, 2.45) is 4.99 Å². The number of aryl methyl sites for hydroxylation is 1. The number of likely N-dealkylation sites (N-methyl/N-ethyl adjacent to an activating group) is 1. The minimum absolute atomic E-state index is 0.672. The van der Waals surface area contributed by atoms with Gasteiger partial charge in [-0.05, 0) is 38.1 Å². The van der Waals surface area contributed by atoms with Gasteiger partial charge in [0, 0.05) is 51.9 Å². The van der Waals surface area contributed by atoms with E-state index >= 15 is 0 Å². The highest BCUT2D eigenvalue weighted by Crippen LogP contribution is 2.30. The van der Waals surface area contributed by atoms with Gasteiger partial charge in [-0.1, -0.05) is 32.1 Å². The van der Waals surface area contributed by atoms with E-state index in [0.29, 0.717) is 5.95 Å². The number of ether oxygens (including phenoxy) is 1. The van der Waals surface area contributed by atoms with Crippen molar-refractivity contribution in [2.75, 3.05) is 57.6 Å². The number of hydrogen-bond acceptors (Lipinski definition) is 7. The predicted octanol–water partition coefficient (Wildman–Crippen LogP) is 4.57. The molecule has 1 N–H and O–H groups in total. The van der Waals surface area contributed by atoms with Crippen molar-refractivity contribution in [2.45, 2.75) is 40.2 Å². The van der Waals surface area contributed by atoms with Crippen molar-refractivity contribution < 1.29 is 4.74 Å². The second-order valence-electron chi connectivity index (χ2n) is 7.83. The number of aliphatic imine (C=N–C) groups is 1. The normalized spacial score (nSPS) is 13.9. The van der Waals surface area contributed by atoms with Crippen LogP contribution in [0.25, 0.3) is 0 Å². The summed E-state index contributed by atoms with van der Waals surface area (Å²) in [6, 6.07) is 8.21. The van der Waals surface area contributed by atoms with Gasteiger partial charge in [0.15, 0.2) is 0 Å². The number of fused-ring (bicyclic) bond motifs is 1. The van der Waals surface area contributed by atoms with Crippen LogP contribution in [0.15, 0.2) is 41.9 Å². The average Bonchev–Trinajstić information content (AvgIpc) is 2.84. The lowest BCUT2D eigenvalue weighted by molar-refractivity contribution is 0.354. The van der Waals surface area contributed by atoms with Gasteiger partial charge in [-0.25, -0.2) is 4.98 Å². The maximum atomic E-state index is 5.28. The second kappa shape index (κ2) is 13.6. The summed E-state index contributed by atoms with van der Waals surface area (Å²) in [5, 5.41) is 3.40. The molecule has 1 aliphatic rings. The maximum absolute atomic E-state index is 5.28. The first kappa shape index (κ1) is 26.3. The summed E-state index contributed by atoms with van der Waals surface area (Å²) in [6.45, 7) is 14.2. The molecule has 7 nitrogen and oxygen atoms in total. The van der Waals surface area contributed by atoms with Crippen LogP contribution in [0.4, 0.5) is 11.8 Å². The Hall–Kier alpha value is -2.93. The van der Waals surface area contributed by atoms with Crippen molar-refractivity contribution in [1.82, 2.24) is 14.9 Å². The minimum Gasteiger partial charge on any atom is -0.497 e. The molecule has 7 heteroatoms. The second-order valence-corrected chi connectivity index (χ2v) is 7.83. The third kappa shape index (κ3) is 7.29. The summed E-state index contributed by atoms with van der Waals surface area (Å²) in [5.41, 5.74) is 4.33. The van der Waals surface area contributed by atoms with Crippen molar-refractivity contribution in [3.8, 4) is 5.75 Å². The molecule has 2 aromatic rings. The Morgan fingerprint density at radius 1 is 1.21 bits per heavy atom. The third-order valence-corrected chi connectivity index (χ3v) is 5.57. The van der Waals surface area contributed by atoms with Crippen LogP contribution in [0.2, 0.25) is 0 Å². The molecule has 2 heterocycles. The Labute approximate surface area is 199 Å². The van der Waals surface area contributed by atoms with Crippen LogP contribution in [-0.2, 0) is 6.54 Å². The molecule has 0 atom stereocenters. The highest BCUT2D eigenvalue weighted by Gasteiger charge is 2.26. The molecule has 1 aliphatic heterocycles. The third-order valence-electron chi connectivity index (χ3n) is 5.57. The lowest BCUT2D eigenvalue weighted by Crippen LogP contribution is -2.34. The average molecular weight is 453 g/mol. The van der Waals surface area contributed by atoms with Gasteiger partial charge in [0.2, 0.25) is 5.95 Å². The quantitative estimate of drug-likeness (QED) is 0.533. The number of anilines is 2. The SMILES string of the molecule is C=CCCN(C)CCNc1nc(C)c2c(n1)N(Cc1ccc(OC)cc1)CCC2=NC.CC. The van der Waals surface area contributed by atoms with E-state index in [1.165, 1.54) is 5.56 Å². The zero-order chi connectivity index (χ0) is 24.2. The van der Waals surface area contributed by atoms with Gasteiger partial charge < -0.3 is 19.9 Å². The smallest absolute Gasteiger partial charge is 0.224 e. The van der Waals surface area contributed by atoms with Crippen molar-refractivity contribution in [3.63, 3.8) is 0 Å². The zero-order valence-electron chi connectivity index (χ0n) is 21.2. The molecule has 0 amide bonds. The van der Waals surface area contributed by atoms with Crippen LogP contribution in [0.5, 0.6) is 5.75 Å². The molecule has 0 unspecified atom stereocenters. The molecule has 0 aliphatic carbocycles. The molecular weight excluding hydrogens is 412 g/mol. The number of rotatable bonds is 10. The molecule has 0 bridgehead atoms. The number of aromatic nitrogens is 2. The highest BCUT2D eigenvalue weighted by molar-refractivity contribution is 6.07. The first-order chi connectivity index (χ1) is 16.0. The van der Waals surface area contributed by atoms with Crippen molar-refractivity contribution >= 4 is 17.5 Å². The van der Waals surface area contributed by atoms with E-state index in [4.69, 9.17) is 14.7 Å². The number of nitrogens with one attached hydrogen (secondary N) is 1. The topological polar surface area (TPSA) is 65.9 Å². The summed E-state index contributed by atoms with van der Waals surface area (Å²) in [6.07, 6.45) is 3.83. The van der Waals surface area contributed by atoms with Gasteiger partial charge in [0.05, 0.1) is 18.4 Å². The summed E-state index contributed by atoms with van der Waals surface area (Å²) >= 11 is 0. The molecule has 0 spiro atoms. The Morgan fingerprint density at radius 2 is 1.94 bits per heavy atom. The molecule has 1 aromatic carbocycles. The Balaban J connectivity index is 0.00000187. The fourth-order valence-corrected chi connectivity index (χ4v) is 3.79. The molecular formula is C26H40N6O. The van der Waals surface area contributed by atoms with Crippen molar-refractivity contribution in [3.05, 3.63) is 53.7 Å². The Morgan fingerprint density at radius 3 is 2.58 bits per heavy atom. The van der Waals surface area contributed by atoms with E-state index in [-0.39, 0.29) is 0 Å². The van der Waals surface area contributed by atoms with E-state index in [1.54, 1.807) is 7.11 Å². The van der Waals surface area contributed by atoms with Crippen LogP contribution in [0.1, 0.15) is 43.5 Å². The molecule has 0 fully saturated rings. The molecule has 0 saturated heterocycles. The van der Waals surface area contributed by atoms with Crippen LogP contribution < -0.4 is 15.0 Å². The van der Waals surface area contributed by atoms with E-state index < -0.39 is 0 Å². The summed E-state index contributed by atoms with van der Waals surface area (Å²) in [4.78, 5) is 18.7. The van der Waals surface area contributed by atoms with Crippen LogP contribution in [0.3, 0.4) is 0 Å². The fourth-order valence-electron chi connectivity index (χ4n) is 3.79. The van der Waals surface area contributed by atoms with Gasteiger partial charge in [0.25, 0.3) is 0 Å². The van der Waals surface area contributed by atoms with Gasteiger partial charge in [0.1, 0.15) is 11.6 Å². The zero-order valence-corrected chi connectivity index (χ0v) is 21.2. The molecule has 1 aromatic heterocycles. The van der Waals surface area contributed by atoms with E-state index in [1.807, 2.05) is 46.0 Å². The Kier molecular flexibility index (Phi) is 10.8. The van der Waals surface area contributed by atoms with E-state index in [2.05, 4.69) is 45.9 Å². The predicted molar refractivity (Wildman–Crippen MR) is 140 cm³/mol. The van der Waals surface area contributed by atoms with E-state index in [9.17, 15) is 0 Å². The molecule has 0 radical (unpaired) electrons. The van der Waals surface area contributed by atoms with Crippen molar-refractivity contribution in [1.29, 1.82) is 0 Å². The monoisotopic (exact) mass is 452 g/mol. The summed E-state index contributed by atoms with van der Waals surface area (Å²) in [7, 11) is 5.65. The lowest BCUT2D eigenvalue weighted by Gasteiger charge is -2.32. The molecule has 33 heavy (non-hydrogen) atoms. The number of benzene rings is 1. The molecule has 0 saturated carbocycles. The van der Waals surface area contributed by atoms with Crippen LogP contribution >= 0.6 is 0 Å². The van der Waals surface area contributed by atoms with Gasteiger partial charge >= 0.3 is 0 Å². The highest BCUT2D eigenvalue weighted by atomic mass is 16.5. The first-order valence-corrected chi connectivity index (χ1v) is 11.8. The van der Waals surface area contributed by atoms with Crippen LogP contribution in [0, 0.1) is 6.92 Å². The molecule has 180 valence electrons. The van der Waals surface area contributed by atoms with Gasteiger partial charge in [-0.15, -0.1) is 6.58 Å². The maximum Gasteiger partial charge on any atom is 0.224 e. The standard InChI is InChI=1S/C24H34N6O.C2H6/c1-6-7-14-29(4)16-13-26-24-27-18(2)22-21(25-3)12-15-30(23(22)28-24)17-19-8-10-20(31-5)11-9-19;1-2/h6,8-11H,1,7,12-17H2,2-5H3,(H,26,27,28);1-2H3. The lowest BCUT2D eigenvalue weighted by atomic mass is 10.0. The number of nitrogens with zero attached hydrogens (tertiary/aromatic N) is 5. The number of methoxy groups -OCH3 is 1. The van der Waals surface area contributed by atoms with Crippen LogP contribution in [-0.4, -0.2) is 68.0 Å². The van der Waals surface area contributed by atoms with E-state index in [0.717, 1.165) is 74.1 Å². The Bertz CT molecular complexity index is 910. The molecule has 3 rings (SSSR count). The largest absolute Gasteiger partial charge is 0.497 e. The summed E-state index contributed by atoms with van der Waals surface area (Å²) < 4.78 is 5.28. The fraction of sp³-hybridized carbons (Fsp3) is 0.500.